The molecule has 2 atom stereocenters. The van der Waals surface area contributed by atoms with E-state index >= 15 is 0 Å². The van der Waals surface area contributed by atoms with Gasteiger partial charge in [0.25, 0.3) is 5.91 Å². The Kier molecular flexibility index (Phi) is 3.55. The van der Waals surface area contributed by atoms with Crippen molar-refractivity contribution in [3.05, 3.63) is 17.5 Å². The zero-order valence-electron chi connectivity index (χ0n) is 11.4. The summed E-state index contributed by atoms with van der Waals surface area (Å²) in [5, 5.41) is 7.26. The number of nitrogens with one attached hydrogen (secondary N) is 1. The van der Waals surface area contributed by atoms with Crippen molar-refractivity contribution >= 4 is 5.91 Å². The first-order valence-electron chi connectivity index (χ1n) is 7.19. The van der Waals surface area contributed by atoms with Gasteiger partial charge >= 0.3 is 0 Å². The average molecular weight is 263 g/mol. The number of nitrogens with zero attached hydrogens (tertiary/aromatic N) is 2. The van der Waals surface area contributed by atoms with Gasteiger partial charge in [-0.3, -0.25) is 4.79 Å². The van der Waals surface area contributed by atoms with Crippen LogP contribution in [0, 0.1) is 12.8 Å². The van der Waals surface area contributed by atoms with Crippen LogP contribution in [-0.4, -0.2) is 41.6 Å². The average Bonchev–Trinajstić information content (AvgIpc) is 3.09. The van der Waals surface area contributed by atoms with Crippen LogP contribution in [0.25, 0.3) is 0 Å². The van der Waals surface area contributed by atoms with Crippen molar-refractivity contribution in [1.29, 1.82) is 0 Å². The van der Waals surface area contributed by atoms with Gasteiger partial charge in [0, 0.05) is 19.1 Å². The van der Waals surface area contributed by atoms with Crippen LogP contribution in [-0.2, 0) is 0 Å². The molecule has 2 unspecified atom stereocenters. The fourth-order valence-corrected chi connectivity index (χ4v) is 3.31. The van der Waals surface area contributed by atoms with Gasteiger partial charge in [-0.05, 0) is 45.1 Å². The van der Waals surface area contributed by atoms with Crippen LogP contribution in [0.2, 0.25) is 0 Å². The van der Waals surface area contributed by atoms with Gasteiger partial charge in [0.1, 0.15) is 11.3 Å². The molecule has 5 nitrogen and oxygen atoms in total. The van der Waals surface area contributed by atoms with Crippen molar-refractivity contribution in [2.45, 2.75) is 38.6 Å². The fraction of sp³-hybridized carbons (Fsp3) is 0.714. The molecule has 0 saturated carbocycles. The summed E-state index contributed by atoms with van der Waals surface area (Å²) in [5.41, 5.74) is 0.611. The van der Waals surface area contributed by atoms with Crippen LogP contribution in [0.5, 0.6) is 0 Å². The van der Waals surface area contributed by atoms with Crippen molar-refractivity contribution in [2.75, 3.05) is 19.6 Å². The molecule has 1 aromatic heterocycles. The Balaban J connectivity index is 1.67. The molecule has 0 aliphatic carbocycles. The van der Waals surface area contributed by atoms with E-state index in [4.69, 9.17) is 4.52 Å². The molecule has 1 aromatic rings. The Bertz CT molecular complexity index is 451. The summed E-state index contributed by atoms with van der Waals surface area (Å²) >= 11 is 0. The molecule has 0 radical (unpaired) electrons. The molecule has 2 aliphatic rings. The second kappa shape index (κ2) is 5.33. The van der Waals surface area contributed by atoms with Crippen LogP contribution in [0.1, 0.15) is 41.8 Å². The fourth-order valence-electron chi connectivity index (χ4n) is 3.31. The first-order valence-corrected chi connectivity index (χ1v) is 7.19. The summed E-state index contributed by atoms with van der Waals surface area (Å²) in [7, 11) is 0. The minimum absolute atomic E-state index is 0.0708. The quantitative estimate of drug-likeness (QED) is 0.880. The lowest BCUT2D eigenvalue weighted by molar-refractivity contribution is 0.0649. The third kappa shape index (κ3) is 2.52. The Hall–Kier alpha value is -1.36. The SMILES string of the molecule is Cc1oncc1C(=O)N1CCCC(C2CCCN2)C1. The Morgan fingerprint density at radius 2 is 2.37 bits per heavy atom. The van der Waals surface area contributed by atoms with Gasteiger partial charge in [-0.1, -0.05) is 5.16 Å². The first kappa shape index (κ1) is 12.7. The number of hydrogen-bond acceptors (Lipinski definition) is 4. The number of likely N-dealkylation sites (tertiary alicyclic amines) is 1. The first-order chi connectivity index (χ1) is 9.25. The van der Waals surface area contributed by atoms with E-state index in [2.05, 4.69) is 10.5 Å². The van der Waals surface area contributed by atoms with Crippen LogP contribution in [0.4, 0.5) is 0 Å². The van der Waals surface area contributed by atoms with Gasteiger partial charge in [-0.2, -0.15) is 0 Å². The number of carbonyl (C=O) groups excluding carboxylic acids is 1. The molecule has 0 spiro atoms. The lowest BCUT2D eigenvalue weighted by atomic mass is 9.89. The number of piperidine rings is 1. The van der Waals surface area contributed by atoms with Gasteiger partial charge in [-0.15, -0.1) is 0 Å². The molecule has 3 rings (SSSR count). The van der Waals surface area contributed by atoms with Crippen molar-refractivity contribution in [2.24, 2.45) is 5.92 Å². The highest BCUT2D eigenvalue weighted by Crippen LogP contribution is 2.26. The number of rotatable bonds is 2. The zero-order valence-corrected chi connectivity index (χ0v) is 11.4. The van der Waals surface area contributed by atoms with E-state index in [-0.39, 0.29) is 5.91 Å². The van der Waals surface area contributed by atoms with E-state index in [1.807, 2.05) is 4.90 Å². The highest BCUT2D eigenvalue weighted by Gasteiger charge is 2.32. The highest BCUT2D eigenvalue weighted by molar-refractivity contribution is 5.94. The third-order valence-corrected chi connectivity index (χ3v) is 4.39. The molecular formula is C14H21N3O2. The van der Waals surface area contributed by atoms with E-state index in [0.29, 0.717) is 23.3 Å². The van der Waals surface area contributed by atoms with Gasteiger partial charge in [0.2, 0.25) is 0 Å². The van der Waals surface area contributed by atoms with E-state index < -0.39 is 0 Å². The zero-order chi connectivity index (χ0) is 13.2. The highest BCUT2D eigenvalue weighted by atomic mass is 16.5. The van der Waals surface area contributed by atoms with Gasteiger partial charge in [0.05, 0.1) is 6.20 Å². The van der Waals surface area contributed by atoms with Crippen molar-refractivity contribution in [3.63, 3.8) is 0 Å². The lowest BCUT2D eigenvalue weighted by Crippen LogP contribution is -2.45. The minimum atomic E-state index is 0.0708. The van der Waals surface area contributed by atoms with Gasteiger partial charge < -0.3 is 14.7 Å². The van der Waals surface area contributed by atoms with Crippen molar-refractivity contribution < 1.29 is 9.32 Å². The normalized spacial score (nSPS) is 27.7. The third-order valence-electron chi connectivity index (χ3n) is 4.39. The number of aromatic nitrogens is 1. The molecule has 0 bridgehead atoms. The molecule has 2 saturated heterocycles. The number of hydrogen-bond donors (Lipinski definition) is 1. The van der Waals surface area contributed by atoms with E-state index in [1.165, 1.54) is 25.5 Å². The van der Waals surface area contributed by atoms with Crippen LogP contribution in [0.3, 0.4) is 0 Å². The molecular weight excluding hydrogens is 242 g/mol. The number of aryl methyl sites for hydroxylation is 1. The molecule has 1 amide bonds. The van der Waals surface area contributed by atoms with E-state index in [1.54, 1.807) is 6.92 Å². The Morgan fingerprint density at radius 1 is 1.47 bits per heavy atom. The Labute approximate surface area is 113 Å². The van der Waals surface area contributed by atoms with Gasteiger partial charge in [0.15, 0.2) is 0 Å². The van der Waals surface area contributed by atoms with Crippen LogP contribution in [0.15, 0.2) is 10.7 Å². The summed E-state index contributed by atoms with van der Waals surface area (Å²) in [4.78, 5) is 14.4. The van der Waals surface area contributed by atoms with E-state index in [0.717, 1.165) is 26.1 Å². The summed E-state index contributed by atoms with van der Waals surface area (Å²) < 4.78 is 4.99. The number of carbonyl (C=O) groups is 1. The summed E-state index contributed by atoms with van der Waals surface area (Å²) in [6.45, 7) is 4.63. The second-order valence-corrected chi connectivity index (χ2v) is 5.65. The maximum Gasteiger partial charge on any atom is 0.259 e. The molecule has 2 fully saturated rings. The number of amides is 1. The van der Waals surface area contributed by atoms with Gasteiger partial charge in [-0.25, -0.2) is 0 Å². The molecule has 19 heavy (non-hydrogen) atoms. The summed E-state index contributed by atoms with van der Waals surface area (Å²) in [6, 6.07) is 0.596. The van der Waals surface area contributed by atoms with Crippen LogP contribution < -0.4 is 5.32 Å². The van der Waals surface area contributed by atoms with E-state index in [9.17, 15) is 4.79 Å². The molecule has 3 heterocycles. The van der Waals surface area contributed by atoms with Crippen molar-refractivity contribution in [1.82, 2.24) is 15.4 Å². The molecule has 1 N–H and O–H groups in total. The topological polar surface area (TPSA) is 58.4 Å². The summed E-state index contributed by atoms with van der Waals surface area (Å²) in [5.74, 6) is 1.29. The van der Waals surface area contributed by atoms with Crippen molar-refractivity contribution in [3.8, 4) is 0 Å². The monoisotopic (exact) mass is 263 g/mol. The summed E-state index contributed by atoms with van der Waals surface area (Å²) in [6.07, 6.45) is 6.37. The largest absolute Gasteiger partial charge is 0.361 e. The maximum absolute atomic E-state index is 12.4. The van der Waals surface area contributed by atoms with Crippen LogP contribution >= 0.6 is 0 Å². The predicted octanol–water partition coefficient (Wildman–Crippen LogP) is 1.59. The predicted molar refractivity (Wildman–Crippen MR) is 70.9 cm³/mol. The molecule has 2 aliphatic heterocycles. The molecule has 5 heteroatoms. The second-order valence-electron chi connectivity index (χ2n) is 5.65. The molecule has 0 aromatic carbocycles. The molecule has 104 valence electrons. The minimum Gasteiger partial charge on any atom is -0.361 e. The Morgan fingerprint density at radius 3 is 3.05 bits per heavy atom. The lowest BCUT2D eigenvalue weighted by Gasteiger charge is -2.35. The maximum atomic E-state index is 12.4. The smallest absolute Gasteiger partial charge is 0.259 e. The standard InChI is InChI=1S/C14H21N3O2/c1-10-12(8-16-19-10)14(18)17-7-3-4-11(9-17)13-5-2-6-15-13/h8,11,13,15H,2-7,9H2,1H3.